The highest BCUT2D eigenvalue weighted by molar-refractivity contribution is 7.99. The molecule has 1 atom stereocenters. The summed E-state index contributed by atoms with van der Waals surface area (Å²) in [4.78, 5) is 8.01. The second-order valence-electron chi connectivity index (χ2n) is 5.01. The first-order valence-electron chi connectivity index (χ1n) is 7.75. The van der Waals surface area contributed by atoms with E-state index in [9.17, 15) is 0 Å². The van der Waals surface area contributed by atoms with Crippen LogP contribution in [0.2, 0.25) is 0 Å². The summed E-state index contributed by atoms with van der Waals surface area (Å²) in [6.07, 6.45) is 2.41. The van der Waals surface area contributed by atoms with Gasteiger partial charge in [0.15, 0.2) is 5.16 Å². The molecular weight excluding hydrogens is 282 g/mol. The van der Waals surface area contributed by atoms with Crippen LogP contribution in [0, 0.1) is 0 Å². The number of fused-ring (bicyclic) bond motifs is 1. The topological polar surface area (TPSA) is 49.9 Å². The molecule has 21 heavy (non-hydrogen) atoms. The molecule has 1 unspecified atom stereocenters. The minimum absolute atomic E-state index is 0.553. The summed E-state index contributed by atoms with van der Waals surface area (Å²) >= 11 is 1.78. The van der Waals surface area contributed by atoms with Gasteiger partial charge in [0.2, 0.25) is 0 Å². The van der Waals surface area contributed by atoms with Crippen LogP contribution < -0.4 is 10.1 Å². The van der Waals surface area contributed by atoms with Crippen molar-refractivity contribution in [1.82, 2.24) is 15.3 Å². The third-order valence-corrected chi connectivity index (χ3v) is 4.33. The molecule has 2 N–H and O–H groups in total. The number of benzene rings is 1. The minimum Gasteiger partial charge on any atom is -0.494 e. The highest BCUT2D eigenvalue weighted by atomic mass is 32.2. The normalized spacial score (nSPS) is 12.7. The zero-order valence-electron chi connectivity index (χ0n) is 13.1. The summed E-state index contributed by atoms with van der Waals surface area (Å²) in [5, 5.41) is 4.51. The SMILES string of the molecule is CCCC(CSc1nc2ccc(OCC)cc2[nH]1)NCC. The van der Waals surface area contributed by atoms with Crippen molar-refractivity contribution < 1.29 is 4.74 Å². The second kappa shape index (κ2) is 8.29. The van der Waals surface area contributed by atoms with E-state index in [2.05, 4.69) is 29.1 Å². The van der Waals surface area contributed by atoms with E-state index in [0.717, 1.165) is 34.2 Å². The number of aromatic nitrogens is 2. The van der Waals surface area contributed by atoms with E-state index >= 15 is 0 Å². The highest BCUT2D eigenvalue weighted by Crippen LogP contribution is 2.24. The van der Waals surface area contributed by atoms with Gasteiger partial charge in [-0.15, -0.1) is 0 Å². The zero-order valence-corrected chi connectivity index (χ0v) is 13.9. The van der Waals surface area contributed by atoms with Crippen LogP contribution in [0.3, 0.4) is 0 Å². The molecule has 0 radical (unpaired) electrons. The predicted octanol–water partition coefficient (Wildman–Crippen LogP) is 3.83. The maximum Gasteiger partial charge on any atom is 0.166 e. The molecule has 0 saturated carbocycles. The average molecular weight is 307 g/mol. The number of hydrogen-bond donors (Lipinski definition) is 2. The molecule has 5 heteroatoms. The second-order valence-corrected chi connectivity index (χ2v) is 6.02. The van der Waals surface area contributed by atoms with E-state index in [1.165, 1.54) is 12.8 Å². The Bertz CT molecular complexity index is 549. The maximum absolute atomic E-state index is 5.52. The average Bonchev–Trinajstić information content (AvgIpc) is 2.88. The van der Waals surface area contributed by atoms with Crippen LogP contribution in [0.15, 0.2) is 23.4 Å². The van der Waals surface area contributed by atoms with Crippen LogP contribution in [0.25, 0.3) is 11.0 Å². The van der Waals surface area contributed by atoms with Gasteiger partial charge in [0.25, 0.3) is 0 Å². The Morgan fingerprint density at radius 2 is 2.19 bits per heavy atom. The molecule has 0 amide bonds. The van der Waals surface area contributed by atoms with E-state index in [4.69, 9.17) is 4.74 Å². The first-order chi connectivity index (χ1) is 10.3. The van der Waals surface area contributed by atoms with Crippen molar-refractivity contribution in [3.63, 3.8) is 0 Å². The van der Waals surface area contributed by atoms with Crippen molar-refractivity contribution >= 4 is 22.8 Å². The number of nitrogens with one attached hydrogen (secondary N) is 2. The molecule has 0 aliphatic rings. The lowest BCUT2D eigenvalue weighted by Gasteiger charge is -2.15. The highest BCUT2D eigenvalue weighted by Gasteiger charge is 2.10. The largest absolute Gasteiger partial charge is 0.494 e. The van der Waals surface area contributed by atoms with Gasteiger partial charge in [-0.05, 0) is 32.0 Å². The Balaban J connectivity index is 2.01. The molecule has 1 heterocycles. The summed E-state index contributed by atoms with van der Waals surface area (Å²) in [6.45, 7) is 8.08. The zero-order chi connectivity index (χ0) is 15.1. The van der Waals surface area contributed by atoms with Gasteiger partial charge in [-0.2, -0.15) is 0 Å². The van der Waals surface area contributed by atoms with Crippen molar-refractivity contribution in [3.8, 4) is 5.75 Å². The lowest BCUT2D eigenvalue weighted by atomic mass is 10.2. The van der Waals surface area contributed by atoms with Crippen molar-refractivity contribution in [2.45, 2.75) is 44.8 Å². The first-order valence-corrected chi connectivity index (χ1v) is 8.74. The van der Waals surface area contributed by atoms with Crippen molar-refractivity contribution in [2.24, 2.45) is 0 Å². The molecule has 4 nitrogen and oxygen atoms in total. The van der Waals surface area contributed by atoms with Crippen molar-refractivity contribution in [2.75, 3.05) is 18.9 Å². The summed E-state index contributed by atoms with van der Waals surface area (Å²) in [7, 11) is 0. The third-order valence-electron chi connectivity index (χ3n) is 3.29. The number of H-pyrrole nitrogens is 1. The van der Waals surface area contributed by atoms with E-state index < -0.39 is 0 Å². The molecule has 116 valence electrons. The lowest BCUT2D eigenvalue weighted by molar-refractivity contribution is 0.340. The van der Waals surface area contributed by atoms with Crippen molar-refractivity contribution in [1.29, 1.82) is 0 Å². The van der Waals surface area contributed by atoms with Crippen LogP contribution in [-0.4, -0.2) is 34.9 Å². The number of thioether (sulfide) groups is 1. The van der Waals surface area contributed by atoms with Crippen LogP contribution in [0.5, 0.6) is 5.75 Å². The molecule has 0 saturated heterocycles. The molecule has 0 aliphatic heterocycles. The van der Waals surface area contributed by atoms with Crippen LogP contribution in [-0.2, 0) is 0 Å². The Morgan fingerprint density at radius 1 is 1.33 bits per heavy atom. The van der Waals surface area contributed by atoms with Gasteiger partial charge >= 0.3 is 0 Å². The fraction of sp³-hybridized carbons (Fsp3) is 0.562. The number of imidazole rings is 1. The third kappa shape index (κ3) is 4.64. The van der Waals surface area contributed by atoms with Crippen molar-refractivity contribution in [3.05, 3.63) is 18.2 Å². The van der Waals surface area contributed by atoms with Gasteiger partial charge in [-0.3, -0.25) is 0 Å². The van der Waals surface area contributed by atoms with E-state index in [0.29, 0.717) is 12.6 Å². The molecule has 0 fully saturated rings. The maximum atomic E-state index is 5.52. The van der Waals surface area contributed by atoms with Crippen LogP contribution in [0.4, 0.5) is 0 Å². The number of nitrogens with zero attached hydrogens (tertiary/aromatic N) is 1. The fourth-order valence-electron chi connectivity index (χ4n) is 2.35. The van der Waals surface area contributed by atoms with Crippen LogP contribution in [0.1, 0.15) is 33.6 Å². The minimum atomic E-state index is 0.553. The lowest BCUT2D eigenvalue weighted by Crippen LogP contribution is -2.30. The van der Waals surface area contributed by atoms with Crippen LogP contribution >= 0.6 is 11.8 Å². The standard InChI is InChI=1S/C16H25N3OS/c1-4-7-12(17-5-2)11-21-16-18-14-9-8-13(20-6-3)10-15(14)19-16/h8-10,12,17H,4-7,11H2,1-3H3,(H,18,19). The Morgan fingerprint density at radius 3 is 2.90 bits per heavy atom. The molecule has 0 spiro atoms. The quantitative estimate of drug-likeness (QED) is 0.691. The molecule has 1 aromatic carbocycles. The summed E-state index contributed by atoms with van der Waals surface area (Å²) in [5.74, 6) is 1.93. The van der Waals surface area contributed by atoms with Gasteiger partial charge in [0, 0.05) is 17.9 Å². The number of hydrogen-bond acceptors (Lipinski definition) is 4. The Hall–Kier alpha value is -1.20. The summed E-state index contributed by atoms with van der Waals surface area (Å²) in [6, 6.07) is 6.55. The van der Waals surface area contributed by atoms with Gasteiger partial charge in [-0.1, -0.05) is 32.0 Å². The van der Waals surface area contributed by atoms with Gasteiger partial charge in [0.05, 0.1) is 17.6 Å². The number of ether oxygens (including phenoxy) is 1. The van der Waals surface area contributed by atoms with E-state index in [1.54, 1.807) is 11.8 Å². The smallest absolute Gasteiger partial charge is 0.166 e. The Labute approximate surface area is 131 Å². The van der Waals surface area contributed by atoms with Gasteiger partial charge in [0.1, 0.15) is 5.75 Å². The Kier molecular flexibility index (Phi) is 6.39. The predicted molar refractivity (Wildman–Crippen MR) is 90.4 cm³/mol. The number of aromatic amines is 1. The molecule has 0 aliphatic carbocycles. The summed E-state index contributed by atoms with van der Waals surface area (Å²) in [5.41, 5.74) is 2.04. The summed E-state index contributed by atoms with van der Waals surface area (Å²) < 4.78 is 5.52. The first kappa shape index (κ1) is 16.2. The fourth-order valence-corrected chi connectivity index (χ4v) is 3.34. The molecular formula is C16H25N3OS. The molecule has 1 aromatic heterocycles. The van der Waals surface area contributed by atoms with Gasteiger partial charge < -0.3 is 15.0 Å². The molecule has 2 rings (SSSR count). The number of rotatable bonds is 9. The van der Waals surface area contributed by atoms with E-state index in [1.807, 2.05) is 25.1 Å². The monoisotopic (exact) mass is 307 g/mol. The van der Waals surface area contributed by atoms with E-state index in [-0.39, 0.29) is 0 Å². The molecule has 2 aromatic rings. The van der Waals surface area contributed by atoms with Gasteiger partial charge in [-0.25, -0.2) is 4.98 Å². The molecule has 0 bridgehead atoms.